The second-order valence-corrected chi connectivity index (χ2v) is 4.55. The third-order valence-electron chi connectivity index (χ3n) is 2.45. The topological polar surface area (TPSA) is 113 Å². The Morgan fingerprint density at radius 1 is 1.44 bits per heavy atom. The van der Waals surface area contributed by atoms with Crippen molar-refractivity contribution in [2.75, 3.05) is 0 Å². The van der Waals surface area contributed by atoms with E-state index in [0.717, 1.165) is 11.3 Å². The first kappa shape index (κ1) is 12.4. The quantitative estimate of drug-likeness (QED) is 0.330. The van der Waals surface area contributed by atoms with Crippen molar-refractivity contribution in [3.8, 4) is 0 Å². The lowest BCUT2D eigenvalue weighted by atomic mass is 10.1. The molecule has 0 aliphatic heterocycles. The fourth-order valence-electron chi connectivity index (χ4n) is 1.41. The van der Waals surface area contributed by atoms with Crippen molar-refractivity contribution in [3.05, 3.63) is 29.2 Å². The number of aryl methyl sites for hydroxylation is 1. The summed E-state index contributed by atoms with van der Waals surface area (Å²) < 4.78 is 0. The van der Waals surface area contributed by atoms with Crippen molar-refractivity contribution in [2.45, 2.75) is 24.0 Å². The zero-order chi connectivity index (χ0) is 13.1. The fourth-order valence-corrected chi connectivity index (χ4v) is 2.27. The summed E-state index contributed by atoms with van der Waals surface area (Å²) in [6.45, 7) is 3.67. The fraction of sp³-hybridized carbons (Fsp3) is 0.200. The van der Waals surface area contributed by atoms with Crippen molar-refractivity contribution in [1.82, 2.24) is 20.2 Å². The van der Waals surface area contributed by atoms with E-state index in [-0.39, 0.29) is 5.84 Å². The Labute approximate surface area is 108 Å². The van der Waals surface area contributed by atoms with Crippen LogP contribution in [-0.4, -0.2) is 31.2 Å². The van der Waals surface area contributed by atoms with Crippen LogP contribution in [0.1, 0.15) is 16.8 Å². The number of hydrogen-bond acceptors (Lipinski definition) is 6. The second kappa shape index (κ2) is 5.05. The highest BCUT2D eigenvalue weighted by Gasteiger charge is 2.17. The van der Waals surface area contributed by atoms with Crippen LogP contribution in [0.25, 0.3) is 0 Å². The van der Waals surface area contributed by atoms with Gasteiger partial charge < -0.3 is 15.9 Å². The third-order valence-corrected chi connectivity index (χ3v) is 3.35. The zero-order valence-corrected chi connectivity index (χ0v) is 10.7. The summed E-state index contributed by atoms with van der Waals surface area (Å²) in [7, 11) is 0. The van der Waals surface area contributed by atoms with Crippen LogP contribution in [0.3, 0.4) is 0 Å². The second-order valence-electron chi connectivity index (χ2n) is 3.57. The summed E-state index contributed by atoms with van der Waals surface area (Å²) in [6, 6.07) is 0. The lowest BCUT2D eigenvalue weighted by molar-refractivity contribution is 0.318. The first-order chi connectivity index (χ1) is 8.63. The van der Waals surface area contributed by atoms with Crippen molar-refractivity contribution in [3.63, 3.8) is 0 Å². The number of rotatable bonds is 3. The van der Waals surface area contributed by atoms with Gasteiger partial charge in [-0.1, -0.05) is 5.16 Å². The number of aromatic amines is 1. The van der Waals surface area contributed by atoms with Gasteiger partial charge in [-0.15, -0.1) is 5.10 Å². The lowest BCUT2D eigenvalue weighted by Gasteiger charge is -2.09. The summed E-state index contributed by atoms with van der Waals surface area (Å²) in [5, 5.41) is 21.2. The molecular weight excluding hydrogens is 252 g/mol. The highest BCUT2D eigenvalue weighted by atomic mass is 32.2. The summed E-state index contributed by atoms with van der Waals surface area (Å²) in [5.41, 5.74) is 7.82. The number of hydrogen-bond donors (Lipinski definition) is 3. The zero-order valence-electron chi connectivity index (χ0n) is 9.88. The molecule has 2 aromatic heterocycles. The largest absolute Gasteiger partial charge is 0.409 e. The predicted molar refractivity (Wildman–Crippen MR) is 66.7 cm³/mol. The summed E-state index contributed by atoms with van der Waals surface area (Å²) in [6.07, 6.45) is 3.35. The average molecular weight is 264 g/mol. The summed E-state index contributed by atoms with van der Waals surface area (Å²) in [4.78, 5) is 7.03. The molecular formula is C10H12N6OS. The molecule has 2 rings (SSSR count). The molecule has 2 aromatic rings. The van der Waals surface area contributed by atoms with Crippen LogP contribution in [0.15, 0.2) is 27.7 Å². The van der Waals surface area contributed by atoms with E-state index in [1.54, 1.807) is 12.4 Å². The molecule has 0 aliphatic carbocycles. The van der Waals surface area contributed by atoms with E-state index >= 15 is 0 Å². The standard InChI is InChI=1S/C10H12N6OS/c1-5-6(2)14-15-9(7(5)8(11)16-17)18-10-12-3-4-13-10/h3-4,17H,1-2H3,(H2,11,16)(H,12,13). The van der Waals surface area contributed by atoms with Gasteiger partial charge in [0.2, 0.25) is 0 Å². The molecule has 0 fully saturated rings. The molecule has 0 spiro atoms. The van der Waals surface area contributed by atoms with Gasteiger partial charge in [0.15, 0.2) is 11.0 Å². The number of imidazole rings is 1. The molecule has 8 heteroatoms. The predicted octanol–water partition coefficient (Wildman–Crippen LogP) is 1.06. The average Bonchev–Trinajstić information content (AvgIpc) is 2.86. The van der Waals surface area contributed by atoms with Gasteiger partial charge in [-0.25, -0.2) is 4.98 Å². The van der Waals surface area contributed by atoms with Crippen LogP contribution in [-0.2, 0) is 0 Å². The van der Waals surface area contributed by atoms with Crippen LogP contribution in [0, 0.1) is 13.8 Å². The maximum Gasteiger partial charge on any atom is 0.173 e. The van der Waals surface area contributed by atoms with Crippen molar-refractivity contribution >= 4 is 17.6 Å². The first-order valence-corrected chi connectivity index (χ1v) is 5.94. The molecule has 0 amide bonds. The van der Waals surface area contributed by atoms with E-state index < -0.39 is 0 Å². The van der Waals surface area contributed by atoms with E-state index in [2.05, 4.69) is 25.3 Å². The number of nitrogens with two attached hydrogens (primary N) is 1. The maximum absolute atomic E-state index is 8.84. The van der Waals surface area contributed by atoms with Crippen LogP contribution in [0.4, 0.5) is 0 Å². The highest BCUT2D eigenvalue weighted by Crippen LogP contribution is 2.27. The van der Waals surface area contributed by atoms with Crippen LogP contribution < -0.4 is 5.73 Å². The highest BCUT2D eigenvalue weighted by molar-refractivity contribution is 7.99. The van der Waals surface area contributed by atoms with Crippen LogP contribution >= 0.6 is 11.8 Å². The monoisotopic (exact) mass is 264 g/mol. The SMILES string of the molecule is Cc1nnc(Sc2ncc[nH]2)c(/C(N)=N/O)c1C. The number of aromatic nitrogens is 4. The molecule has 0 atom stereocenters. The van der Waals surface area contributed by atoms with E-state index in [4.69, 9.17) is 10.9 Å². The minimum Gasteiger partial charge on any atom is -0.409 e. The van der Waals surface area contributed by atoms with Crippen molar-refractivity contribution in [1.29, 1.82) is 0 Å². The summed E-state index contributed by atoms with van der Waals surface area (Å²) in [5.74, 6) is 0.0135. The van der Waals surface area contributed by atoms with Crippen molar-refractivity contribution < 1.29 is 5.21 Å². The Morgan fingerprint density at radius 3 is 2.83 bits per heavy atom. The van der Waals surface area contributed by atoms with Gasteiger partial charge in [0.1, 0.15) is 5.03 Å². The van der Waals surface area contributed by atoms with E-state index in [1.165, 1.54) is 11.8 Å². The number of H-pyrrole nitrogens is 1. The minimum absolute atomic E-state index is 0.0135. The first-order valence-electron chi connectivity index (χ1n) is 5.12. The van der Waals surface area contributed by atoms with Gasteiger partial charge in [-0.3, -0.25) is 0 Å². The van der Waals surface area contributed by atoms with Gasteiger partial charge in [0, 0.05) is 12.4 Å². The molecule has 7 nitrogen and oxygen atoms in total. The molecule has 94 valence electrons. The maximum atomic E-state index is 8.84. The number of oxime groups is 1. The molecule has 0 radical (unpaired) electrons. The molecule has 0 aliphatic rings. The lowest BCUT2D eigenvalue weighted by Crippen LogP contribution is -2.18. The molecule has 0 saturated heterocycles. The van der Waals surface area contributed by atoms with E-state index in [1.807, 2.05) is 13.8 Å². The third kappa shape index (κ3) is 2.28. The normalized spacial score (nSPS) is 11.8. The number of nitrogens with zero attached hydrogens (tertiary/aromatic N) is 4. The molecule has 0 saturated carbocycles. The van der Waals surface area contributed by atoms with Gasteiger partial charge in [0.05, 0.1) is 11.3 Å². The Morgan fingerprint density at radius 2 is 2.22 bits per heavy atom. The van der Waals surface area contributed by atoms with E-state index in [9.17, 15) is 0 Å². The molecule has 2 heterocycles. The molecule has 0 aromatic carbocycles. The van der Waals surface area contributed by atoms with E-state index in [0.29, 0.717) is 15.7 Å². The van der Waals surface area contributed by atoms with Gasteiger partial charge in [0.25, 0.3) is 0 Å². The van der Waals surface area contributed by atoms with Gasteiger partial charge in [-0.2, -0.15) is 5.10 Å². The molecule has 18 heavy (non-hydrogen) atoms. The molecule has 0 unspecified atom stereocenters. The Hall–Kier alpha value is -2.09. The Bertz CT molecular complexity index is 580. The van der Waals surface area contributed by atoms with Crippen molar-refractivity contribution in [2.24, 2.45) is 10.9 Å². The van der Waals surface area contributed by atoms with Gasteiger partial charge in [-0.05, 0) is 31.2 Å². The minimum atomic E-state index is 0.0135. The van der Waals surface area contributed by atoms with Gasteiger partial charge >= 0.3 is 0 Å². The van der Waals surface area contributed by atoms with Crippen LogP contribution in [0.5, 0.6) is 0 Å². The smallest absolute Gasteiger partial charge is 0.173 e. The summed E-state index contributed by atoms with van der Waals surface area (Å²) >= 11 is 1.28. The molecule has 0 bridgehead atoms. The number of amidine groups is 1. The van der Waals surface area contributed by atoms with Crippen LogP contribution in [0.2, 0.25) is 0 Å². The Balaban J connectivity index is 2.50. The Kier molecular flexibility index (Phi) is 3.47. The number of nitrogens with one attached hydrogen (secondary N) is 1. The molecule has 4 N–H and O–H groups in total.